The Bertz CT molecular complexity index is 638. The molecule has 0 spiro atoms. The third kappa shape index (κ3) is 3.57. The Balaban J connectivity index is 2.37. The van der Waals surface area contributed by atoms with Crippen molar-refractivity contribution < 1.29 is 19.9 Å². The van der Waals surface area contributed by atoms with E-state index in [1.165, 1.54) is 6.07 Å². The van der Waals surface area contributed by atoms with Crippen LogP contribution in [0.1, 0.15) is 23.5 Å². The first-order valence-corrected chi connectivity index (χ1v) is 7.17. The van der Waals surface area contributed by atoms with Crippen molar-refractivity contribution in [2.75, 3.05) is 6.61 Å². The molecule has 1 atom stereocenters. The lowest BCUT2D eigenvalue weighted by Crippen LogP contribution is -1.95. The van der Waals surface area contributed by atoms with Crippen LogP contribution in [0, 0.1) is 10.1 Å². The molecule has 112 valence electrons. The minimum Gasteiger partial charge on any atom is -0.440 e. The van der Waals surface area contributed by atoms with Gasteiger partial charge in [-0.2, -0.15) is 0 Å². The van der Waals surface area contributed by atoms with Gasteiger partial charge >= 0.3 is 5.69 Å². The topological polar surface area (TPSA) is 92.8 Å². The molecule has 6 nitrogen and oxygen atoms in total. The number of hydrogen-bond acceptors (Lipinski definition) is 6. The van der Waals surface area contributed by atoms with Crippen molar-refractivity contribution in [3.63, 3.8) is 0 Å². The van der Waals surface area contributed by atoms with E-state index < -0.39 is 11.0 Å². The van der Waals surface area contributed by atoms with Gasteiger partial charge in [-0.05, 0) is 25.0 Å². The molecule has 1 heterocycles. The molecular formula is C14H15NO5S. The molecule has 2 N–H and O–H groups in total. The molecule has 0 saturated carbocycles. The van der Waals surface area contributed by atoms with Crippen LogP contribution in [0.5, 0.6) is 10.8 Å². The van der Waals surface area contributed by atoms with Crippen molar-refractivity contribution in [2.45, 2.75) is 19.4 Å². The highest BCUT2D eigenvalue weighted by atomic mass is 32.1. The Hall–Kier alpha value is -1.96. The number of thiophene rings is 1. The molecule has 0 radical (unpaired) electrons. The maximum atomic E-state index is 11.1. The lowest BCUT2D eigenvalue weighted by Gasteiger charge is -2.08. The second-order valence-corrected chi connectivity index (χ2v) is 5.48. The van der Waals surface area contributed by atoms with Gasteiger partial charge in [-0.3, -0.25) is 10.1 Å². The molecule has 0 amide bonds. The fourth-order valence-corrected chi connectivity index (χ4v) is 2.74. The third-order valence-electron chi connectivity index (χ3n) is 2.86. The standard InChI is InChI=1S/C14H15NO5S/c1-9(17)13-8-11(15(18)19)14(21-13)20-12-5-3-2-4-10(12)6-7-16/h2-5,8-9,16-17H,6-7H2,1H3/t9-/m0/s1. The highest BCUT2D eigenvalue weighted by Crippen LogP contribution is 2.42. The van der Waals surface area contributed by atoms with Crippen LogP contribution in [0.15, 0.2) is 30.3 Å². The molecule has 2 rings (SSSR count). The lowest BCUT2D eigenvalue weighted by molar-refractivity contribution is -0.385. The predicted octanol–water partition coefficient (Wildman–Crippen LogP) is 3.04. The van der Waals surface area contributed by atoms with Gasteiger partial charge in [-0.1, -0.05) is 29.5 Å². The molecular weight excluding hydrogens is 294 g/mol. The van der Waals surface area contributed by atoms with Gasteiger partial charge in [0.05, 0.1) is 11.0 Å². The molecule has 1 aromatic carbocycles. The highest BCUT2D eigenvalue weighted by molar-refractivity contribution is 7.14. The van der Waals surface area contributed by atoms with Gasteiger partial charge < -0.3 is 14.9 Å². The predicted molar refractivity (Wildman–Crippen MR) is 78.9 cm³/mol. The van der Waals surface area contributed by atoms with Crippen LogP contribution in [0.3, 0.4) is 0 Å². The summed E-state index contributed by atoms with van der Waals surface area (Å²) >= 11 is 1.04. The zero-order valence-electron chi connectivity index (χ0n) is 11.4. The normalized spacial score (nSPS) is 12.1. The second kappa shape index (κ2) is 6.66. The maximum absolute atomic E-state index is 11.1. The van der Waals surface area contributed by atoms with Gasteiger partial charge in [-0.15, -0.1) is 0 Å². The Morgan fingerprint density at radius 1 is 1.43 bits per heavy atom. The van der Waals surface area contributed by atoms with Gasteiger partial charge in [0, 0.05) is 17.6 Å². The molecule has 0 fully saturated rings. The summed E-state index contributed by atoms with van der Waals surface area (Å²) in [6.07, 6.45) is -0.391. The van der Waals surface area contributed by atoms with E-state index in [1.54, 1.807) is 25.1 Å². The molecule has 21 heavy (non-hydrogen) atoms. The molecule has 0 aliphatic carbocycles. The Labute approximate surface area is 125 Å². The molecule has 0 bridgehead atoms. The van der Waals surface area contributed by atoms with E-state index in [0.717, 1.165) is 16.9 Å². The summed E-state index contributed by atoms with van der Waals surface area (Å²) in [6.45, 7) is 1.50. The largest absolute Gasteiger partial charge is 0.440 e. The lowest BCUT2D eigenvalue weighted by atomic mass is 10.1. The SMILES string of the molecule is C[C@H](O)c1cc([N+](=O)[O-])c(Oc2ccccc2CCO)s1. The molecule has 0 saturated heterocycles. The zero-order chi connectivity index (χ0) is 15.4. The molecule has 0 unspecified atom stereocenters. The van der Waals surface area contributed by atoms with Crippen LogP contribution in [0.25, 0.3) is 0 Å². The minimum absolute atomic E-state index is 0.0359. The number of benzene rings is 1. The summed E-state index contributed by atoms with van der Waals surface area (Å²) in [5, 5.41) is 29.8. The van der Waals surface area contributed by atoms with Crippen molar-refractivity contribution in [3.8, 4) is 10.8 Å². The highest BCUT2D eigenvalue weighted by Gasteiger charge is 2.23. The minimum atomic E-state index is -0.793. The van der Waals surface area contributed by atoms with Crippen LogP contribution >= 0.6 is 11.3 Å². The van der Waals surface area contributed by atoms with Crippen molar-refractivity contribution in [2.24, 2.45) is 0 Å². The number of aliphatic hydroxyl groups excluding tert-OH is 2. The number of ether oxygens (including phenoxy) is 1. The molecule has 7 heteroatoms. The summed E-state index contributed by atoms with van der Waals surface area (Å²) in [6, 6.07) is 8.36. The molecule has 1 aromatic heterocycles. The number of nitrogens with zero attached hydrogens (tertiary/aromatic N) is 1. The van der Waals surface area contributed by atoms with Crippen LogP contribution in [-0.2, 0) is 6.42 Å². The van der Waals surface area contributed by atoms with Crippen molar-refractivity contribution in [1.82, 2.24) is 0 Å². The summed E-state index contributed by atoms with van der Waals surface area (Å²) in [7, 11) is 0. The van der Waals surface area contributed by atoms with E-state index in [2.05, 4.69) is 0 Å². The fraction of sp³-hybridized carbons (Fsp3) is 0.286. The van der Waals surface area contributed by atoms with Crippen LogP contribution in [-0.4, -0.2) is 21.7 Å². The van der Waals surface area contributed by atoms with E-state index in [-0.39, 0.29) is 17.4 Å². The summed E-state index contributed by atoms with van der Waals surface area (Å²) in [5.74, 6) is 0.466. The second-order valence-electron chi connectivity index (χ2n) is 4.44. The van der Waals surface area contributed by atoms with Gasteiger partial charge in [0.1, 0.15) is 5.75 Å². The Kier molecular flexibility index (Phi) is 4.89. The number of hydrogen-bond donors (Lipinski definition) is 2. The third-order valence-corrected chi connectivity index (χ3v) is 4.04. The van der Waals surface area contributed by atoms with Crippen LogP contribution in [0.4, 0.5) is 5.69 Å². The fourth-order valence-electron chi connectivity index (χ4n) is 1.82. The maximum Gasteiger partial charge on any atom is 0.323 e. The zero-order valence-corrected chi connectivity index (χ0v) is 12.2. The van der Waals surface area contributed by atoms with Gasteiger partial charge in [-0.25, -0.2) is 0 Å². The monoisotopic (exact) mass is 309 g/mol. The number of rotatable bonds is 6. The number of nitro groups is 1. The summed E-state index contributed by atoms with van der Waals surface area (Å²) < 4.78 is 5.64. The van der Waals surface area contributed by atoms with Gasteiger partial charge in [0.15, 0.2) is 0 Å². The first-order chi connectivity index (χ1) is 10.0. The van der Waals surface area contributed by atoms with Gasteiger partial charge in [0.2, 0.25) is 0 Å². The molecule has 0 aliphatic heterocycles. The summed E-state index contributed by atoms with van der Waals surface area (Å²) in [5.41, 5.74) is 0.594. The Morgan fingerprint density at radius 2 is 2.14 bits per heavy atom. The van der Waals surface area contributed by atoms with Crippen molar-refractivity contribution in [3.05, 3.63) is 50.9 Å². The van der Waals surface area contributed by atoms with Crippen LogP contribution in [0.2, 0.25) is 0 Å². The average molecular weight is 309 g/mol. The van der Waals surface area contributed by atoms with E-state index in [9.17, 15) is 15.2 Å². The van der Waals surface area contributed by atoms with E-state index in [0.29, 0.717) is 17.0 Å². The smallest absolute Gasteiger partial charge is 0.323 e. The Morgan fingerprint density at radius 3 is 2.76 bits per heavy atom. The average Bonchev–Trinajstić information content (AvgIpc) is 2.85. The number of para-hydroxylation sites is 1. The first-order valence-electron chi connectivity index (χ1n) is 6.35. The van der Waals surface area contributed by atoms with E-state index >= 15 is 0 Å². The molecule has 0 aliphatic rings. The quantitative estimate of drug-likeness (QED) is 0.632. The van der Waals surface area contributed by atoms with E-state index in [4.69, 9.17) is 9.84 Å². The molecule has 2 aromatic rings. The van der Waals surface area contributed by atoms with E-state index in [1.807, 2.05) is 6.07 Å². The van der Waals surface area contributed by atoms with Crippen molar-refractivity contribution in [1.29, 1.82) is 0 Å². The number of aliphatic hydroxyl groups is 2. The first kappa shape index (κ1) is 15.4. The summed E-state index contributed by atoms with van der Waals surface area (Å²) in [4.78, 5) is 11.0. The van der Waals surface area contributed by atoms with Gasteiger partial charge in [0.25, 0.3) is 5.06 Å². The van der Waals surface area contributed by atoms with Crippen molar-refractivity contribution >= 4 is 17.0 Å². The van der Waals surface area contributed by atoms with Crippen LogP contribution < -0.4 is 4.74 Å².